The highest BCUT2D eigenvalue weighted by Gasteiger charge is 2.45. The molecule has 1 N–H and O–H groups in total. The van der Waals surface area contributed by atoms with Crippen LogP contribution in [0.25, 0.3) is 5.76 Å². The third-order valence-corrected chi connectivity index (χ3v) is 6.52. The van der Waals surface area contributed by atoms with E-state index in [4.69, 9.17) is 14.2 Å². The minimum absolute atomic E-state index is 0.0836. The van der Waals surface area contributed by atoms with Crippen molar-refractivity contribution in [2.24, 2.45) is 0 Å². The molecule has 8 nitrogen and oxygen atoms in total. The number of morpholine rings is 1. The van der Waals surface area contributed by atoms with Gasteiger partial charge in [0.05, 0.1) is 31.4 Å². The Morgan fingerprint density at radius 1 is 1.03 bits per heavy atom. The van der Waals surface area contributed by atoms with Crippen molar-refractivity contribution in [3.05, 3.63) is 77.9 Å². The molecule has 0 spiro atoms. The lowest BCUT2D eigenvalue weighted by Gasteiger charge is -2.29. The number of nitrogens with zero attached hydrogens (tertiary/aromatic N) is 2. The highest BCUT2D eigenvalue weighted by Crippen LogP contribution is 2.40. The van der Waals surface area contributed by atoms with Crippen molar-refractivity contribution in [3.8, 4) is 11.5 Å². The minimum Gasteiger partial charge on any atom is -0.507 e. The van der Waals surface area contributed by atoms with Crippen LogP contribution >= 0.6 is 0 Å². The van der Waals surface area contributed by atoms with E-state index in [9.17, 15) is 14.7 Å². The van der Waals surface area contributed by atoms with Gasteiger partial charge in [-0.25, -0.2) is 0 Å². The molecular weight excluding hydrogens is 472 g/mol. The van der Waals surface area contributed by atoms with Gasteiger partial charge in [-0.1, -0.05) is 24.8 Å². The number of amides is 1. The molecule has 2 heterocycles. The number of rotatable bonds is 11. The molecule has 2 aliphatic rings. The molecule has 2 aromatic carbocycles. The molecule has 0 aliphatic carbocycles. The first-order valence-corrected chi connectivity index (χ1v) is 12.7. The molecule has 2 aromatic rings. The van der Waals surface area contributed by atoms with E-state index in [0.29, 0.717) is 56.5 Å². The van der Waals surface area contributed by atoms with Gasteiger partial charge in [0.25, 0.3) is 11.7 Å². The van der Waals surface area contributed by atoms with Gasteiger partial charge < -0.3 is 24.2 Å². The first-order valence-electron chi connectivity index (χ1n) is 12.7. The third-order valence-electron chi connectivity index (χ3n) is 6.52. The van der Waals surface area contributed by atoms with Crippen molar-refractivity contribution >= 4 is 17.4 Å². The van der Waals surface area contributed by atoms with Crippen molar-refractivity contribution in [1.29, 1.82) is 0 Å². The largest absolute Gasteiger partial charge is 0.507 e. The third kappa shape index (κ3) is 6.21. The molecule has 0 saturated carbocycles. The SMILES string of the molecule is C=CCOc1ccc(C2/C(=C(/O)c3ccc(OCC)cc3)C(=O)C(=O)N2CCCN2CCOCC2)cc1. The molecule has 1 unspecified atom stereocenters. The molecular formula is C29H34N2O6. The predicted molar refractivity (Wildman–Crippen MR) is 141 cm³/mol. The van der Waals surface area contributed by atoms with E-state index < -0.39 is 17.7 Å². The number of ether oxygens (including phenoxy) is 3. The molecule has 0 radical (unpaired) electrons. The fraction of sp³-hybridized carbons (Fsp3) is 0.379. The number of aliphatic hydroxyl groups excluding tert-OH is 1. The van der Waals surface area contributed by atoms with E-state index in [1.807, 2.05) is 19.1 Å². The zero-order chi connectivity index (χ0) is 26.2. The van der Waals surface area contributed by atoms with Gasteiger partial charge in [0.15, 0.2) is 0 Å². The average Bonchev–Trinajstić information content (AvgIpc) is 3.18. The fourth-order valence-electron chi connectivity index (χ4n) is 4.68. The summed E-state index contributed by atoms with van der Waals surface area (Å²) >= 11 is 0. The van der Waals surface area contributed by atoms with Crippen LogP contribution in [0, 0.1) is 0 Å². The Balaban J connectivity index is 1.64. The second-order valence-corrected chi connectivity index (χ2v) is 8.93. The molecule has 2 aliphatic heterocycles. The first-order chi connectivity index (χ1) is 18.0. The highest BCUT2D eigenvalue weighted by atomic mass is 16.5. The van der Waals surface area contributed by atoms with Gasteiger partial charge in [-0.3, -0.25) is 14.5 Å². The molecule has 0 bridgehead atoms. The van der Waals surface area contributed by atoms with Crippen molar-refractivity contribution < 1.29 is 28.9 Å². The summed E-state index contributed by atoms with van der Waals surface area (Å²) in [6.45, 7) is 10.7. The topological polar surface area (TPSA) is 88.5 Å². The monoisotopic (exact) mass is 506 g/mol. The molecule has 196 valence electrons. The van der Waals surface area contributed by atoms with E-state index in [1.54, 1.807) is 47.4 Å². The Labute approximate surface area is 217 Å². The number of hydrogen-bond donors (Lipinski definition) is 1. The van der Waals surface area contributed by atoms with E-state index in [0.717, 1.165) is 25.2 Å². The van der Waals surface area contributed by atoms with Gasteiger partial charge in [-0.05, 0) is 55.3 Å². The van der Waals surface area contributed by atoms with Crippen LogP contribution in [-0.2, 0) is 14.3 Å². The maximum atomic E-state index is 13.3. The van der Waals surface area contributed by atoms with Gasteiger partial charge in [-0.15, -0.1) is 0 Å². The predicted octanol–water partition coefficient (Wildman–Crippen LogP) is 3.79. The van der Waals surface area contributed by atoms with Crippen molar-refractivity contribution in [2.45, 2.75) is 19.4 Å². The van der Waals surface area contributed by atoms with Crippen LogP contribution in [0.5, 0.6) is 11.5 Å². The second kappa shape index (κ2) is 12.6. The van der Waals surface area contributed by atoms with Crippen LogP contribution in [0.3, 0.4) is 0 Å². The number of carbonyl (C=O) groups is 2. The summed E-state index contributed by atoms with van der Waals surface area (Å²) in [7, 11) is 0. The lowest BCUT2D eigenvalue weighted by molar-refractivity contribution is -0.140. The Bertz CT molecular complexity index is 1120. The van der Waals surface area contributed by atoms with Crippen LogP contribution in [0.4, 0.5) is 0 Å². The van der Waals surface area contributed by atoms with Crippen molar-refractivity contribution in [3.63, 3.8) is 0 Å². The molecule has 1 atom stereocenters. The molecule has 0 aromatic heterocycles. The summed E-state index contributed by atoms with van der Waals surface area (Å²) in [5.41, 5.74) is 1.26. The number of hydrogen-bond acceptors (Lipinski definition) is 7. The van der Waals surface area contributed by atoms with Crippen LogP contribution in [-0.4, -0.2) is 79.2 Å². The van der Waals surface area contributed by atoms with E-state index >= 15 is 0 Å². The number of aliphatic hydroxyl groups is 1. The Morgan fingerprint density at radius 2 is 1.68 bits per heavy atom. The fourth-order valence-corrected chi connectivity index (χ4v) is 4.68. The number of likely N-dealkylation sites (tertiary alicyclic amines) is 1. The number of benzene rings is 2. The maximum absolute atomic E-state index is 13.3. The summed E-state index contributed by atoms with van der Waals surface area (Å²) in [6, 6.07) is 13.4. The van der Waals surface area contributed by atoms with Gasteiger partial charge >= 0.3 is 0 Å². The Hall–Kier alpha value is -3.62. The number of carbonyl (C=O) groups excluding carboxylic acids is 2. The van der Waals surface area contributed by atoms with Gasteiger partial charge in [-0.2, -0.15) is 0 Å². The second-order valence-electron chi connectivity index (χ2n) is 8.93. The zero-order valence-electron chi connectivity index (χ0n) is 21.2. The van der Waals surface area contributed by atoms with Crippen LogP contribution in [0.15, 0.2) is 66.8 Å². The average molecular weight is 507 g/mol. The normalized spacial score (nSPS) is 19.7. The lowest BCUT2D eigenvalue weighted by Crippen LogP contribution is -2.38. The van der Waals surface area contributed by atoms with Gasteiger partial charge in [0, 0.05) is 31.7 Å². The molecule has 4 rings (SSSR count). The van der Waals surface area contributed by atoms with Gasteiger partial charge in [0.2, 0.25) is 0 Å². The van der Waals surface area contributed by atoms with Crippen LogP contribution < -0.4 is 9.47 Å². The summed E-state index contributed by atoms with van der Waals surface area (Å²) in [5, 5.41) is 11.3. The van der Waals surface area contributed by atoms with Gasteiger partial charge in [0.1, 0.15) is 23.9 Å². The van der Waals surface area contributed by atoms with Crippen LogP contribution in [0.1, 0.15) is 30.5 Å². The van der Waals surface area contributed by atoms with E-state index in [1.165, 1.54) is 0 Å². The number of Topliss-reactive ketones (excluding diaryl/α,β-unsaturated/α-hetero) is 1. The number of ketones is 1. The summed E-state index contributed by atoms with van der Waals surface area (Å²) in [5.74, 6) is -0.177. The van der Waals surface area contributed by atoms with Crippen molar-refractivity contribution in [1.82, 2.24) is 9.80 Å². The quantitative estimate of drug-likeness (QED) is 0.215. The first kappa shape index (κ1) is 26.4. The van der Waals surface area contributed by atoms with Crippen LogP contribution in [0.2, 0.25) is 0 Å². The zero-order valence-corrected chi connectivity index (χ0v) is 21.2. The minimum atomic E-state index is -0.704. The molecule has 2 fully saturated rings. The summed E-state index contributed by atoms with van der Waals surface area (Å²) < 4.78 is 16.5. The standard InChI is InChI=1S/C29H34N2O6/c1-3-18-37-24-10-6-21(7-11-24)26-25(27(32)22-8-12-23(13-9-22)36-4-2)28(33)29(34)31(26)15-5-14-30-16-19-35-20-17-30/h3,6-13,26,32H,1,4-5,14-20H2,2H3/b27-25-. The smallest absolute Gasteiger partial charge is 0.295 e. The van der Waals surface area contributed by atoms with E-state index in [2.05, 4.69) is 11.5 Å². The maximum Gasteiger partial charge on any atom is 0.295 e. The Morgan fingerprint density at radius 3 is 2.32 bits per heavy atom. The summed E-state index contributed by atoms with van der Waals surface area (Å²) in [4.78, 5) is 30.3. The lowest BCUT2D eigenvalue weighted by atomic mass is 9.95. The molecule has 37 heavy (non-hydrogen) atoms. The highest BCUT2D eigenvalue weighted by molar-refractivity contribution is 6.46. The summed E-state index contributed by atoms with van der Waals surface area (Å²) in [6.07, 6.45) is 2.36. The van der Waals surface area contributed by atoms with Crippen molar-refractivity contribution in [2.75, 3.05) is 52.6 Å². The molecule has 2 saturated heterocycles. The Kier molecular flexibility index (Phi) is 8.98. The molecule has 8 heteroatoms. The molecule has 1 amide bonds. The van der Waals surface area contributed by atoms with E-state index in [-0.39, 0.29) is 11.3 Å².